The van der Waals surface area contributed by atoms with Crippen LogP contribution in [0.25, 0.3) is 0 Å². The van der Waals surface area contributed by atoms with E-state index in [1.165, 1.54) is 12.1 Å². The van der Waals surface area contributed by atoms with Gasteiger partial charge in [-0.05, 0) is 25.1 Å². The van der Waals surface area contributed by atoms with Crippen molar-refractivity contribution in [3.8, 4) is 0 Å². The van der Waals surface area contributed by atoms with Crippen LogP contribution in [0.4, 0.5) is 24.5 Å². The van der Waals surface area contributed by atoms with Gasteiger partial charge in [-0.2, -0.15) is 13.2 Å². The smallest absolute Gasteiger partial charge is 0.362 e. The molecule has 7 heteroatoms. The molecule has 0 aromatic heterocycles. The molecule has 0 saturated heterocycles. The zero-order valence-corrected chi connectivity index (χ0v) is 10.2. The number of carbonyl (C=O) groups excluding carboxylic acids is 1. The molecular formula is C10H8BrF3N2O. The van der Waals surface area contributed by atoms with E-state index in [1.54, 1.807) is 6.07 Å². The fraction of sp³-hybridized carbons (Fsp3) is 0.300. The Bertz CT molecular complexity index is 489. The number of alkyl halides is 3. The second-order valence-electron chi connectivity index (χ2n) is 3.89. The molecule has 0 bridgehead atoms. The molecule has 0 saturated carbocycles. The Morgan fingerprint density at radius 2 is 1.94 bits per heavy atom. The molecule has 0 spiro atoms. The van der Waals surface area contributed by atoms with Crippen LogP contribution < -0.4 is 10.6 Å². The van der Waals surface area contributed by atoms with Gasteiger partial charge in [0.05, 0.1) is 11.4 Å². The predicted octanol–water partition coefficient (Wildman–Crippen LogP) is 3.13. The van der Waals surface area contributed by atoms with Gasteiger partial charge >= 0.3 is 6.18 Å². The average Bonchev–Trinajstić information content (AvgIpc) is 2.18. The number of amides is 1. The maximum absolute atomic E-state index is 12.8. The molecule has 1 atom stereocenters. The number of anilines is 2. The van der Waals surface area contributed by atoms with E-state index in [4.69, 9.17) is 0 Å². The van der Waals surface area contributed by atoms with Crippen molar-refractivity contribution in [2.45, 2.75) is 18.6 Å². The van der Waals surface area contributed by atoms with Crippen molar-refractivity contribution in [1.82, 2.24) is 0 Å². The highest BCUT2D eigenvalue weighted by atomic mass is 79.9. The number of nitrogens with one attached hydrogen (secondary N) is 2. The molecule has 2 N–H and O–H groups in total. The lowest BCUT2D eigenvalue weighted by Crippen LogP contribution is -2.60. The molecule has 0 radical (unpaired) electrons. The first-order valence-electron chi connectivity index (χ1n) is 4.70. The van der Waals surface area contributed by atoms with Gasteiger partial charge in [0.2, 0.25) is 5.54 Å². The first kappa shape index (κ1) is 12.2. The Morgan fingerprint density at radius 3 is 2.53 bits per heavy atom. The summed E-state index contributed by atoms with van der Waals surface area (Å²) < 4.78 is 39.1. The van der Waals surface area contributed by atoms with Crippen LogP contribution in [0.3, 0.4) is 0 Å². The van der Waals surface area contributed by atoms with Crippen molar-refractivity contribution in [2.24, 2.45) is 0 Å². The number of hydrogen-bond donors (Lipinski definition) is 2. The number of carbonyl (C=O) groups is 1. The van der Waals surface area contributed by atoms with Gasteiger partial charge in [0, 0.05) is 4.47 Å². The predicted molar refractivity (Wildman–Crippen MR) is 60.9 cm³/mol. The number of fused-ring (bicyclic) bond motifs is 1. The monoisotopic (exact) mass is 308 g/mol. The summed E-state index contributed by atoms with van der Waals surface area (Å²) in [6.07, 6.45) is -4.67. The van der Waals surface area contributed by atoms with Gasteiger partial charge in [-0.3, -0.25) is 4.79 Å². The van der Waals surface area contributed by atoms with E-state index >= 15 is 0 Å². The summed E-state index contributed by atoms with van der Waals surface area (Å²) in [5.41, 5.74) is -2.04. The Morgan fingerprint density at radius 1 is 1.29 bits per heavy atom. The maximum Gasteiger partial charge on any atom is 0.420 e. The molecular weight excluding hydrogens is 301 g/mol. The van der Waals surface area contributed by atoms with Crippen LogP contribution in [-0.4, -0.2) is 17.6 Å². The summed E-state index contributed by atoms with van der Waals surface area (Å²) >= 11 is 3.16. The summed E-state index contributed by atoms with van der Waals surface area (Å²) in [5, 5.41) is 4.48. The maximum atomic E-state index is 12.8. The summed E-state index contributed by atoms with van der Waals surface area (Å²) in [6.45, 7) is 0.812. The lowest BCUT2D eigenvalue weighted by molar-refractivity contribution is -0.179. The largest absolute Gasteiger partial charge is 0.420 e. The van der Waals surface area contributed by atoms with Gasteiger partial charge in [0.25, 0.3) is 5.91 Å². The molecule has 1 aliphatic heterocycles. The second kappa shape index (κ2) is 3.63. The van der Waals surface area contributed by atoms with E-state index in [0.29, 0.717) is 10.2 Å². The zero-order valence-electron chi connectivity index (χ0n) is 8.65. The van der Waals surface area contributed by atoms with E-state index in [2.05, 4.69) is 26.6 Å². The molecule has 1 aliphatic rings. The van der Waals surface area contributed by atoms with Crippen LogP contribution in [0.5, 0.6) is 0 Å². The summed E-state index contributed by atoms with van der Waals surface area (Å²) in [4.78, 5) is 11.5. The standard InChI is InChI=1S/C10H8BrF3N2O/c1-9(10(12,13)14)8(17)15-6-3-2-5(11)4-7(6)16-9/h2-4,16H,1H3,(H,15,17). The lowest BCUT2D eigenvalue weighted by atomic mass is 9.96. The third kappa shape index (κ3) is 1.88. The van der Waals surface area contributed by atoms with Gasteiger partial charge in [-0.15, -0.1) is 0 Å². The van der Waals surface area contributed by atoms with Gasteiger partial charge < -0.3 is 10.6 Å². The minimum Gasteiger partial charge on any atom is -0.362 e. The van der Waals surface area contributed by atoms with Crippen molar-refractivity contribution >= 4 is 33.2 Å². The SMILES string of the molecule is CC1(C(F)(F)F)Nc2cc(Br)ccc2NC1=O. The van der Waals surface area contributed by atoms with Crippen molar-refractivity contribution in [2.75, 3.05) is 10.6 Å². The Balaban J connectivity index is 2.48. The molecule has 1 aromatic carbocycles. The van der Waals surface area contributed by atoms with E-state index in [9.17, 15) is 18.0 Å². The first-order valence-corrected chi connectivity index (χ1v) is 5.49. The highest BCUT2D eigenvalue weighted by Crippen LogP contribution is 2.40. The van der Waals surface area contributed by atoms with E-state index in [-0.39, 0.29) is 5.69 Å². The number of rotatable bonds is 0. The minimum atomic E-state index is -4.67. The quantitative estimate of drug-likeness (QED) is 0.773. The van der Waals surface area contributed by atoms with Gasteiger partial charge in [-0.1, -0.05) is 15.9 Å². The van der Waals surface area contributed by atoms with Gasteiger partial charge in [0.1, 0.15) is 0 Å². The molecule has 1 amide bonds. The van der Waals surface area contributed by atoms with Crippen molar-refractivity contribution in [3.63, 3.8) is 0 Å². The fourth-order valence-electron chi connectivity index (χ4n) is 1.50. The first-order chi connectivity index (χ1) is 7.74. The summed E-state index contributed by atoms with van der Waals surface area (Å²) in [6, 6.07) is 4.65. The van der Waals surface area contributed by atoms with Crippen LogP contribution >= 0.6 is 15.9 Å². The van der Waals surface area contributed by atoms with Gasteiger partial charge in [-0.25, -0.2) is 0 Å². The topological polar surface area (TPSA) is 41.1 Å². The van der Waals surface area contributed by atoms with Crippen molar-refractivity contribution in [3.05, 3.63) is 22.7 Å². The molecule has 1 aromatic rings. The molecule has 2 rings (SSSR count). The Labute approximate surface area is 104 Å². The third-order valence-corrected chi connectivity index (χ3v) is 3.13. The van der Waals surface area contributed by atoms with Crippen LogP contribution in [-0.2, 0) is 4.79 Å². The van der Waals surface area contributed by atoms with Crippen LogP contribution in [0, 0.1) is 0 Å². The van der Waals surface area contributed by atoms with Crippen LogP contribution in [0.2, 0.25) is 0 Å². The molecule has 0 fully saturated rings. The fourth-order valence-corrected chi connectivity index (χ4v) is 1.86. The molecule has 92 valence electrons. The highest BCUT2D eigenvalue weighted by molar-refractivity contribution is 9.10. The van der Waals surface area contributed by atoms with Crippen molar-refractivity contribution in [1.29, 1.82) is 0 Å². The van der Waals surface area contributed by atoms with Crippen LogP contribution in [0.15, 0.2) is 22.7 Å². The number of hydrogen-bond acceptors (Lipinski definition) is 2. The Hall–Kier alpha value is -1.24. The van der Waals surface area contributed by atoms with Crippen molar-refractivity contribution < 1.29 is 18.0 Å². The number of halogens is 4. The minimum absolute atomic E-state index is 0.235. The lowest BCUT2D eigenvalue weighted by Gasteiger charge is -2.37. The van der Waals surface area contributed by atoms with E-state index < -0.39 is 17.6 Å². The zero-order chi connectivity index (χ0) is 12.8. The molecule has 3 nitrogen and oxygen atoms in total. The molecule has 1 unspecified atom stereocenters. The van der Waals surface area contributed by atoms with E-state index in [1.807, 2.05) is 0 Å². The molecule has 0 aliphatic carbocycles. The molecule has 1 heterocycles. The summed E-state index contributed by atoms with van der Waals surface area (Å²) in [7, 11) is 0. The Kier molecular flexibility index (Phi) is 2.61. The van der Waals surface area contributed by atoms with Gasteiger partial charge in [0.15, 0.2) is 0 Å². The highest BCUT2D eigenvalue weighted by Gasteiger charge is 2.58. The van der Waals surface area contributed by atoms with Crippen LogP contribution in [0.1, 0.15) is 6.92 Å². The number of benzene rings is 1. The van der Waals surface area contributed by atoms with E-state index in [0.717, 1.165) is 6.92 Å². The average molecular weight is 309 g/mol. The molecule has 17 heavy (non-hydrogen) atoms. The summed E-state index contributed by atoms with van der Waals surface area (Å²) in [5.74, 6) is -1.11. The second-order valence-corrected chi connectivity index (χ2v) is 4.81. The normalized spacial score (nSPS) is 23.7. The third-order valence-electron chi connectivity index (χ3n) is 2.64.